The Morgan fingerprint density at radius 2 is 2.33 bits per heavy atom. The first-order valence-electron chi connectivity index (χ1n) is 6.70. The van der Waals surface area contributed by atoms with E-state index in [1.54, 1.807) is 30.3 Å². The van der Waals surface area contributed by atoms with Crippen LogP contribution in [-0.2, 0) is 17.8 Å². The molecule has 0 aliphatic heterocycles. The summed E-state index contributed by atoms with van der Waals surface area (Å²) in [7, 11) is 1.78. The van der Waals surface area contributed by atoms with Crippen LogP contribution in [-0.4, -0.2) is 34.5 Å². The van der Waals surface area contributed by atoms with Gasteiger partial charge in [-0.3, -0.25) is 9.78 Å². The fourth-order valence-electron chi connectivity index (χ4n) is 1.78. The van der Waals surface area contributed by atoms with Crippen molar-refractivity contribution in [2.75, 3.05) is 13.6 Å². The Balaban J connectivity index is 1.84. The zero-order chi connectivity index (χ0) is 15.1. The number of carbonyl (C=O) groups is 1. The molecule has 4 nitrogen and oxygen atoms in total. The predicted molar refractivity (Wildman–Crippen MR) is 84.9 cm³/mol. The highest BCUT2D eigenvalue weighted by Crippen LogP contribution is 2.16. The lowest BCUT2D eigenvalue weighted by molar-refractivity contribution is -0.124. The number of pyridine rings is 1. The molecule has 2 aromatic rings. The van der Waals surface area contributed by atoms with Gasteiger partial charge in [0.1, 0.15) is 0 Å². The molecule has 0 aliphatic rings. The van der Waals surface area contributed by atoms with Crippen LogP contribution in [0.15, 0.2) is 41.9 Å². The summed E-state index contributed by atoms with van der Waals surface area (Å²) < 4.78 is 0. The number of hydrogen-bond acceptors (Lipinski definition) is 4. The Bertz CT molecular complexity index is 608. The molecule has 0 saturated heterocycles. The molecule has 1 N–H and O–H groups in total. The highest BCUT2D eigenvalue weighted by atomic mass is 32.1. The molecule has 1 amide bonds. The van der Waals surface area contributed by atoms with Gasteiger partial charge in [-0.05, 0) is 35.2 Å². The first kappa shape index (κ1) is 15.4. The highest BCUT2D eigenvalue weighted by Gasteiger charge is 2.05. The molecule has 0 unspecified atom stereocenters. The molecule has 0 radical (unpaired) electrons. The summed E-state index contributed by atoms with van der Waals surface area (Å²) in [6, 6.07) is 7.65. The fourth-order valence-corrected chi connectivity index (χ4v) is 2.58. The second-order valence-corrected chi connectivity index (χ2v) is 5.62. The summed E-state index contributed by atoms with van der Waals surface area (Å²) in [5.41, 5.74) is 1.85. The maximum Gasteiger partial charge on any atom is 0.246 e. The number of nitrogens with zero attached hydrogens (tertiary/aromatic N) is 2. The number of likely N-dealkylation sites (N-methyl/N-ethyl adjacent to an activating group) is 1. The average molecular weight is 302 g/mol. The van der Waals surface area contributed by atoms with Gasteiger partial charge in [0, 0.05) is 42.9 Å². The van der Waals surface area contributed by atoms with Gasteiger partial charge in [0.2, 0.25) is 5.91 Å². The summed E-state index contributed by atoms with van der Waals surface area (Å²) in [4.78, 5) is 18.9. The number of aliphatic hydroxyl groups is 1. The van der Waals surface area contributed by atoms with E-state index in [2.05, 4.69) is 4.98 Å². The molecular formula is C16H18N2O2S. The van der Waals surface area contributed by atoms with E-state index in [0.29, 0.717) is 6.54 Å². The standard InChI is InChI=1S/C16H18N2O2S/c1-18(9-7-14-4-2-3-8-17-14)16(20)6-5-15-10-13(11-19)12-21-15/h2-6,8,10,12,19H,7,9,11H2,1H3/b6-5+. The molecule has 110 valence electrons. The van der Waals surface area contributed by atoms with Crippen molar-refractivity contribution in [1.82, 2.24) is 9.88 Å². The van der Waals surface area contributed by atoms with Crippen molar-refractivity contribution in [2.45, 2.75) is 13.0 Å². The second-order valence-electron chi connectivity index (χ2n) is 4.68. The van der Waals surface area contributed by atoms with Crippen molar-refractivity contribution in [3.05, 3.63) is 58.1 Å². The van der Waals surface area contributed by atoms with Crippen LogP contribution in [0.1, 0.15) is 16.1 Å². The van der Waals surface area contributed by atoms with Crippen LogP contribution in [0, 0.1) is 0 Å². The quantitative estimate of drug-likeness (QED) is 0.833. The van der Waals surface area contributed by atoms with Crippen molar-refractivity contribution in [3.8, 4) is 0 Å². The van der Waals surface area contributed by atoms with Crippen molar-refractivity contribution in [3.63, 3.8) is 0 Å². The highest BCUT2D eigenvalue weighted by molar-refractivity contribution is 7.11. The van der Waals surface area contributed by atoms with Crippen LogP contribution in [0.25, 0.3) is 6.08 Å². The Kier molecular flexibility index (Phi) is 5.66. The monoisotopic (exact) mass is 302 g/mol. The van der Waals surface area contributed by atoms with Crippen LogP contribution >= 0.6 is 11.3 Å². The average Bonchev–Trinajstić information content (AvgIpc) is 2.99. The lowest BCUT2D eigenvalue weighted by Gasteiger charge is -2.14. The van der Waals surface area contributed by atoms with Gasteiger partial charge in [-0.15, -0.1) is 11.3 Å². The van der Waals surface area contributed by atoms with Gasteiger partial charge in [-0.25, -0.2) is 0 Å². The topological polar surface area (TPSA) is 53.4 Å². The van der Waals surface area contributed by atoms with Crippen LogP contribution in [0.4, 0.5) is 0 Å². The zero-order valence-electron chi connectivity index (χ0n) is 11.9. The first-order valence-corrected chi connectivity index (χ1v) is 7.58. The van der Waals surface area contributed by atoms with E-state index >= 15 is 0 Å². The smallest absolute Gasteiger partial charge is 0.246 e. The van der Waals surface area contributed by atoms with E-state index in [-0.39, 0.29) is 12.5 Å². The predicted octanol–water partition coefficient (Wildman–Crippen LogP) is 2.35. The molecule has 5 heteroatoms. The van der Waals surface area contributed by atoms with Gasteiger partial charge in [-0.1, -0.05) is 6.07 Å². The molecule has 0 spiro atoms. The summed E-state index contributed by atoms with van der Waals surface area (Å²) in [5, 5.41) is 10.9. The number of amides is 1. The maximum atomic E-state index is 12.0. The molecule has 2 rings (SSSR count). The van der Waals surface area contributed by atoms with E-state index in [9.17, 15) is 4.79 Å². The van der Waals surface area contributed by atoms with Crippen molar-refractivity contribution < 1.29 is 9.90 Å². The van der Waals surface area contributed by atoms with E-state index in [4.69, 9.17) is 5.11 Å². The molecule has 0 fully saturated rings. The SMILES string of the molecule is CN(CCc1ccccn1)C(=O)/C=C/c1cc(CO)cs1. The van der Waals surface area contributed by atoms with Gasteiger partial charge < -0.3 is 10.0 Å². The van der Waals surface area contributed by atoms with Gasteiger partial charge in [0.05, 0.1) is 6.61 Å². The van der Waals surface area contributed by atoms with Crippen molar-refractivity contribution in [1.29, 1.82) is 0 Å². The number of rotatable bonds is 6. The molecule has 0 atom stereocenters. The number of aromatic nitrogens is 1. The van der Waals surface area contributed by atoms with E-state index in [1.807, 2.05) is 29.6 Å². The minimum absolute atomic E-state index is 0.0300. The number of hydrogen-bond donors (Lipinski definition) is 1. The number of aliphatic hydroxyl groups excluding tert-OH is 1. The Hall–Kier alpha value is -1.98. The first-order chi connectivity index (χ1) is 10.2. The molecule has 0 saturated carbocycles. The zero-order valence-corrected chi connectivity index (χ0v) is 12.7. The summed E-state index contributed by atoms with van der Waals surface area (Å²) in [6.45, 7) is 0.661. The van der Waals surface area contributed by atoms with Gasteiger partial charge in [0.25, 0.3) is 0 Å². The largest absolute Gasteiger partial charge is 0.392 e. The summed E-state index contributed by atoms with van der Waals surface area (Å²) >= 11 is 1.51. The summed E-state index contributed by atoms with van der Waals surface area (Å²) in [5.74, 6) is -0.0371. The fraction of sp³-hybridized carbons (Fsp3) is 0.250. The van der Waals surface area contributed by atoms with Crippen molar-refractivity contribution >= 4 is 23.3 Å². The van der Waals surface area contributed by atoms with Crippen LogP contribution in [0.2, 0.25) is 0 Å². The maximum absolute atomic E-state index is 12.0. The van der Waals surface area contributed by atoms with E-state index in [0.717, 1.165) is 22.6 Å². The molecule has 2 aromatic heterocycles. The lowest BCUT2D eigenvalue weighted by Crippen LogP contribution is -2.27. The van der Waals surface area contributed by atoms with Crippen LogP contribution in [0.3, 0.4) is 0 Å². The summed E-state index contributed by atoms with van der Waals surface area (Å²) in [6.07, 6.45) is 5.84. The second kappa shape index (κ2) is 7.71. The third-order valence-electron chi connectivity index (χ3n) is 3.05. The molecule has 21 heavy (non-hydrogen) atoms. The third-order valence-corrected chi connectivity index (χ3v) is 4.00. The molecule has 0 aromatic carbocycles. The Morgan fingerprint density at radius 1 is 1.48 bits per heavy atom. The molecule has 0 aliphatic carbocycles. The Morgan fingerprint density at radius 3 is 3.00 bits per heavy atom. The molecule has 0 bridgehead atoms. The minimum atomic E-state index is -0.0371. The van der Waals surface area contributed by atoms with Gasteiger partial charge >= 0.3 is 0 Å². The van der Waals surface area contributed by atoms with Gasteiger partial charge in [-0.2, -0.15) is 0 Å². The Labute approximate surface area is 128 Å². The lowest BCUT2D eigenvalue weighted by atomic mass is 10.2. The van der Waals surface area contributed by atoms with E-state index < -0.39 is 0 Å². The molecule has 2 heterocycles. The minimum Gasteiger partial charge on any atom is -0.392 e. The number of carbonyl (C=O) groups excluding carboxylic acids is 1. The number of thiophene rings is 1. The van der Waals surface area contributed by atoms with E-state index in [1.165, 1.54) is 11.3 Å². The van der Waals surface area contributed by atoms with Crippen LogP contribution < -0.4 is 0 Å². The third kappa shape index (κ3) is 4.81. The van der Waals surface area contributed by atoms with Crippen LogP contribution in [0.5, 0.6) is 0 Å². The van der Waals surface area contributed by atoms with Gasteiger partial charge in [0.15, 0.2) is 0 Å². The van der Waals surface area contributed by atoms with Crippen molar-refractivity contribution in [2.24, 2.45) is 0 Å². The normalized spacial score (nSPS) is 11.0. The molecular weight excluding hydrogens is 284 g/mol.